The van der Waals surface area contributed by atoms with E-state index in [0.717, 1.165) is 0 Å². The van der Waals surface area contributed by atoms with Gasteiger partial charge in [-0.1, -0.05) is 0 Å². The first-order valence-electron chi connectivity index (χ1n) is 5.97. The summed E-state index contributed by atoms with van der Waals surface area (Å²) in [5.74, 6) is -1.93. The maximum atomic E-state index is 10.9. The minimum absolute atomic E-state index is 0.0871. The second-order valence-corrected chi connectivity index (χ2v) is 7.81. The second-order valence-electron chi connectivity index (χ2n) is 5.26. The lowest BCUT2D eigenvalue weighted by Gasteiger charge is -2.24. The Balaban J connectivity index is 2.10. The van der Waals surface area contributed by atoms with Crippen molar-refractivity contribution in [2.45, 2.75) is 50.7 Å². The van der Waals surface area contributed by atoms with Crippen molar-refractivity contribution >= 4 is 20.5 Å². The number of hydrogen-bond acceptors (Lipinski definition) is 8. The Hall–Kier alpha value is -0.340. The predicted molar refractivity (Wildman–Crippen MR) is 66.2 cm³/mol. The lowest BCUT2D eigenvalue weighted by Crippen LogP contribution is -2.38. The Bertz CT molecular complexity index is 544. The fraction of sp³-hybridized carbons (Fsp3) is 1.00. The smallest absolute Gasteiger partial charge is 0.344 e. The first-order valence-corrected chi connectivity index (χ1v) is 8.94. The van der Waals surface area contributed by atoms with Crippen molar-refractivity contribution in [1.82, 2.24) is 0 Å². The van der Waals surface area contributed by atoms with E-state index in [1.165, 1.54) is 0 Å². The molecule has 2 N–H and O–H groups in total. The van der Waals surface area contributed by atoms with E-state index in [-0.39, 0.29) is 6.42 Å². The summed E-state index contributed by atoms with van der Waals surface area (Å²) in [6.45, 7) is 3.32. The average Bonchev–Trinajstić information content (AvgIpc) is 2.65. The van der Waals surface area contributed by atoms with Crippen molar-refractivity contribution in [3.05, 3.63) is 0 Å². The van der Waals surface area contributed by atoms with Gasteiger partial charge >= 0.3 is 10.4 Å². The van der Waals surface area contributed by atoms with Gasteiger partial charge in [0, 0.05) is 6.42 Å². The Morgan fingerprint density at radius 3 is 2.33 bits per heavy atom. The molecule has 2 saturated heterocycles. The fourth-order valence-corrected chi connectivity index (χ4v) is 3.62. The number of rotatable bonds is 5. The highest BCUT2D eigenvalue weighted by molar-refractivity contribution is 7.85. The molecule has 2 fully saturated rings. The molecule has 10 nitrogen and oxygen atoms in total. The van der Waals surface area contributed by atoms with Gasteiger partial charge in [-0.15, -0.1) is 0 Å². The first kappa shape index (κ1) is 17.0. The zero-order valence-corrected chi connectivity index (χ0v) is 12.8. The summed E-state index contributed by atoms with van der Waals surface area (Å²) in [7, 11) is -9.46. The lowest BCUT2D eigenvalue weighted by molar-refractivity contribution is -0.211. The van der Waals surface area contributed by atoms with Crippen LogP contribution in [0.3, 0.4) is 0 Å². The van der Waals surface area contributed by atoms with E-state index < -0.39 is 56.7 Å². The van der Waals surface area contributed by atoms with E-state index in [2.05, 4.69) is 4.18 Å². The third-order valence-corrected chi connectivity index (χ3v) is 4.19. The van der Waals surface area contributed by atoms with Crippen molar-refractivity contribution in [1.29, 1.82) is 0 Å². The Kier molecular flexibility index (Phi) is 4.36. The molecular weight excluding hydrogens is 332 g/mol. The monoisotopic (exact) mass is 348 g/mol. The molecule has 0 aromatic rings. The molecule has 0 aromatic carbocycles. The molecule has 2 aliphatic heterocycles. The van der Waals surface area contributed by atoms with Crippen LogP contribution in [-0.2, 0) is 38.9 Å². The summed E-state index contributed by atoms with van der Waals surface area (Å²) in [4.78, 5) is 0. The summed E-state index contributed by atoms with van der Waals surface area (Å²) in [6, 6.07) is 0. The van der Waals surface area contributed by atoms with E-state index in [9.17, 15) is 16.8 Å². The van der Waals surface area contributed by atoms with Gasteiger partial charge in [-0.05, 0) is 13.8 Å². The zero-order chi connectivity index (χ0) is 16.1. The third-order valence-electron chi connectivity index (χ3n) is 2.95. The van der Waals surface area contributed by atoms with Gasteiger partial charge in [0.1, 0.15) is 18.0 Å². The second kappa shape index (κ2) is 5.38. The lowest BCUT2D eigenvalue weighted by atomic mass is 10.1. The summed E-state index contributed by atoms with van der Waals surface area (Å²) >= 11 is 0. The molecular formula is C9H16O10S2. The van der Waals surface area contributed by atoms with Gasteiger partial charge in [-0.2, -0.15) is 16.8 Å². The van der Waals surface area contributed by atoms with Crippen LogP contribution in [0.2, 0.25) is 0 Å². The van der Waals surface area contributed by atoms with Gasteiger partial charge in [0.2, 0.25) is 0 Å². The average molecular weight is 348 g/mol. The minimum atomic E-state index is -4.92. The maximum Gasteiger partial charge on any atom is 0.397 e. The van der Waals surface area contributed by atoms with Crippen LogP contribution < -0.4 is 0 Å². The maximum absolute atomic E-state index is 10.9. The molecule has 124 valence electrons. The highest BCUT2D eigenvalue weighted by atomic mass is 32.3. The Morgan fingerprint density at radius 2 is 1.86 bits per heavy atom. The zero-order valence-electron chi connectivity index (χ0n) is 11.2. The largest absolute Gasteiger partial charge is 0.397 e. The van der Waals surface area contributed by atoms with Gasteiger partial charge in [-0.25, -0.2) is 4.18 Å². The van der Waals surface area contributed by atoms with Crippen LogP contribution in [-0.4, -0.2) is 62.1 Å². The highest BCUT2D eigenvalue weighted by Crippen LogP contribution is 2.38. The summed E-state index contributed by atoms with van der Waals surface area (Å²) < 4.78 is 81.4. The van der Waals surface area contributed by atoms with Gasteiger partial charge in [0.15, 0.2) is 12.1 Å². The minimum Gasteiger partial charge on any atom is -0.344 e. The molecule has 0 bridgehead atoms. The van der Waals surface area contributed by atoms with E-state index in [1.807, 2.05) is 0 Å². The molecule has 2 heterocycles. The van der Waals surface area contributed by atoms with Crippen LogP contribution >= 0.6 is 0 Å². The normalized spacial score (nSPS) is 33.8. The van der Waals surface area contributed by atoms with Gasteiger partial charge < -0.3 is 14.2 Å². The standard InChI is InChI=1S/C9H16O10S2/c1-9(2)17-6-3-5(16-8(6)18-9)7(4-20(10,11)12)19-21(13,14)15/h5-8H,3-4H2,1-2H3,(H,10,11,12)(H,13,14,15)/t5-,6+,7+,8+/m0/s1. The molecule has 0 radical (unpaired) electrons. The van der Waals surface area contributed by atoms with Crippen LogP contribution in [0, 0.1) is 0 Å². The molecule has 0 saturated carbocycles. The molecule has 0 amide bonds. The van der Waals surface area contributed by atoms with Crippen molar-refractivity contribution in [2.75, 3.05) is 5.75 Å². The van der Waals surface area contributed by atoms with Crippen molar-refractivity contribution < 1.29 is 44.3 Å². The van der Waals surface area contributed by atoms with Crippen molar-refractivity contribution in [3.8, 4) is 0 Å². The quantitative estimate of drug-likeness (QED) is 0.613. The Morgan fingerprint density at radius 1 is 1.24 bits per heavy atom. The van der Waals surface area contributed by atoms with Gasteiger partial charge in [0.25, 0.3) is 10.1 Å². The molecule has 2 aliphatic rings. The van der Waals surface area contributed by atoms with Gasteiger partial charge in [0.05, 0.1) is 6.10 Å². The molecule has 0 aromatic heterocycles. The van der Waals surface area contributed by atoms with Crippen LogP contribution in [0.1, 0.15) is 20.3 Å². The summed E-state index contributed by atoms with van der Waals surface area (Å²) in [6.07, 6.45) is -3.90. The SMILES string of the molecule is CC1(C)O[C@H]2O[C@H]([C@@H](CS(=O)(=O)O)OS(=O)(=O)O)C[C@H]2O1. The summed E-state index contributed by atoms with van der Waals surface area (Å²) in [5.41, 5.74) is 0. The fourth-order valence-electron chi connectivity index (χ4n) is 2.34. The number of fused-ring (bicyclic) bond motifs is 1. The topological polar surface area (TPSA) is 146 Å². The Labute approximate surface area is 122 Å². The van der Waals surface area contributed by atoms with E-state index in [0.29, 0.717) is 0 Å². The van der Waals surface area contributed by atoms with E-state index >= 15 is 0 Å². The first-order chi connectivity index (χ1) is 9.35. The van der Waals surface area contributed by atoms with Crippen LogP contribution in [0.15, 0.2) is 0 Å². The molecule has 21 heavy (non-hydrogen) atoms. The van der Waals surface area contributed by atoms with Crippen molar-refractivity contribution in [2.24, 2.45) is 0 Å². The van der Waals surface area contributed by atoms with E-state index in [4.69, 9.17) is 23.3 Å². The molecule has 0 aliphatic carbocycles. The van der Waals surface area contributed by atoms with Crippen LogP contribution in [0.25, 0.3) is 0 Å². The van der Waals surface area contributed by atoms with E-state index in [1.54, 1.807) is 13.8 Å². The molecule has 0 unspecified atom stereocenters. The van der Waals surface area contributed by atoms with Gasteiger partial charge in [-0.3, -0.25) is 9.11 Å². The van der Waals surface area contributed by atoms with Crippen LogP contribution in [0.4, 0.5) is 0 Å². The van der Waals surface area contributed by atoms with Crippen molar-refractivity contribution in [3.63, 3.8) is 0 Å². The third kappa shape index (κ3) is 4.82. The highest BCUT2D eigenvalue weighted by Gasteiger charge is 2.51. The molecule has 12 heteroatoms. The summed E-state index contributed by atoms with van der Waals surface area (Å²) in [5, 5.41) is 0. The predicted octanol–water partition coefficient (Wildman–Crippen LogP) is -0.671. The molecule has 2 rings (SSSR count). The molecule has 0 spiro atoms. The number of ether oxygens (including phenoxy) is 3. The number of hydrogen-bond donors (Lipinski definition) is 2. The van der Waals surface area contributed by atoms with Crippen LogP contribution in [0.5, 0.6) is 0 Å². The molecule has 4 atom stereocenters.